The summed E-state index contributed by atoms with van der Waals surface area (Å²) in [6.07, 6.45) is 2.56. The van der Waals surface area contributed by atoms with E-state index in [-0.39, 0.29) is 11.9 Å². The summed E-state index contributed by atoms with van der Waals surface area (Å²) in [5.41, 5.74) is 3.05. The van der Waals surface area contributed by atoms with E-state index < -0.39 is 0 Å². The minimum Gasteiger partial charge on any atom is -0.381 e. The van der Waals surface area contributed by atoms with Crippen LogP contribution in [0.15, 0.2) is 41.1 Å². The average molecular weight is 323 g/mol. The highest BCUT2D eigenvalue weighted by atomic mass is 79.9. The maximum absolute atomic E-state index is 13.1. The van der Waals surface area contributed by atoms with Crippen LogP contribution in [0.1, 0.15) is 18.1 Å². The molecule has 0 saturated heterocycles. The lowest BCUT2D eigenvalue weighted by atomic mass is 10.1. The monoisotopic (exact) mass is 322 g/mol. The van der Waals surface area contributed by atoms with Gasteiger partial charge in [0.1, 0.15) is 10.4 Å². The van der Waals surface area contributed by atoms with Gasteiger partial charge in [-0.05, 0) is 65.5 Å². The Morgan fingerprint density at radius 1 is 1.37 bits per heavy atom. The van der Waals surface area contributed by atoms with Crippen molar-refractivity contribution in [3.8, 4) is 0 Å². The summed E-state index contributed by atoms with van der Waals surface area (Å²) >= 11 is 3.38. The lowest BCUT2D eigenvalue weighted by Crippen LogP contribution is -2.18. The standard InChI is InChI=1S/C15H16BrFN2/c1-10-6-14(9-18-15(10)16)19-11(2)7-12-4-3-5-13(17)8-12/h3-6,8-9,11,19H,7H2,1-2H3. The molecule has 0 aliphatic rings. The van der Waals surface area contributed by atoms with Gasteiger partial charge < -0.3 is 5.32 Å². The molecule has 100 valence electrons. The zero-order valence-electron chi connectivity index (χ0n) is 11.0. The van der Waals surface area contributed by atoms with Gasteiger partial charge in [0.25, 0.3) is 0 Å². The minimum absolute atomic E-state index is 0.189. The predicted octanol–water partition coefficient (Wildman–Crippen LogP) is 4.33. The summed E-state index contributed by atoms with van der Waals surface area (Å²) in [4.78, 5) is 4.25. The van der Waals surface area contributed by atoms with Gasteiger partial charge in [-0.15, -0.1) is 0 Å². The maximum Gasteiger partial charge on any atom is 0.123 e. The van der Waals surface area contributed by atoms with Gasteiger partial charge in [0.15, 0.2) is 0 Å². The molecule has 1 heterocycles. The fourth-order valence-electron chi connectivity index (χ4n) is 1.99. The highest BCUT2D eigenvalue weighted by Crippen LogP contribution is 2.18. The molecule has 4 heteroatoms. The van der Waals surface area contributed by atoms with Crippen LogP contribution in [-0.2, 0) is 6.42 Å². The molecule has 0 fully saturated rings. The van der Waals surface area contributed by atoms with Crippen molar-refractivity contribution in [2.24, 2.45) is 0 Å². The quantitative estimate of drug-likeness (QED) is 0.847. The highest BCUT2D eigenvalue weighted by molar-refractivity contribution is 9.10. The summed E-state index contributed by atoms with van der Waals surface area (Å²) in [5, 5.41) is 3.37. The Kier molecular flexibility index (Phi) is 4.53. The average Bonchev–Trinajstić information content (AvgIpc) is 2.34. The molecule has 1 aromatic carbocycles. The van der Waals surface area contributed by atoms with E-state index in [0.717, 1.165) is 27.8 Å². The van der Waals surface area contributed by atoms with Gasteiger partial charge in [0.2, 0.25) is 0 Å². The van der Waals surface area contributed by atoms with Crippen molar-refractivity contribution in [2.75, 3.05) is 5.32 Å². The van der Waals surface area contributed by atoms with Crippen molar-refractivity contribution in [3.05, 3.63) is 58.1 Å². The van der Waals surface area contributed by atoms with Crippen LogP contribution in [-0.4, -0.2) is 11.0 Å². The van der Waals surface area contributed by atoms with Crippen LogP contribution >= 0.6 is 15.9 Å². The molecule has 1 aromatic heterocycles. The van der Waals surface area contributed by atoms with E-state index in [4.69, 9.17) is 0 Å². The SMILES string of the molecule is Cc1cc(NC(C)Cc2cccc(F)c2)cnc1Br. The van der Waals surface area contributed by atoms with Gasteiger partial charge >= 0.3 is 0 Å². The molecule has 1 unspecified atom stereocenters. The van der Waals surface area contributed by atoms with Gasteiger partial charge in [0.05, 0.1) is 11.9 Å². The molecule has 0 aliphatic heterocycles. The Bertz CT molecular complexity index is 572. The molecule has 0 spiro atoms. The number of nitrogens with zero attached hydrogens (tertiary/aromatic N) is 1. The molecular weight excluding hydrogens is 307 g/mol. The molecule has 0 saturated carbocycles. The third kappa shape index (κ3) is 4.03. The van der Waals surface area contributed by atoms with Crippen molar-refractivity contribution in [1.82, 2.24) is 4.98 Å². The Morgan fingerprint density at radius 3 is 2.84 bits per heavy atom. The topological polar surface area (TPSA) is 24.9 Å². The molecule has 1 atom stereocenters. The fourth-order valence-corrected chi connectivity index (χ4v) is 2.21. The number of hydrogen-bond acceptors (Lipinski definition) is 2. The molecular formula is C15H16BrFN2. The minimum atomic E-state index is -0.189. The van der Waals surface area contributed by atoms with Gasteiger partial charge in [-0.1, -0.05) is 12.1 Å². The van der Waals surface area contributed by atoms with Crippen LogP contribution in [0, 0.1) is 12.7 Å². The van der Waals surface area contributed by atoms with E-state index in [2.05, 4.69) is 33.2 Å². The Labute approximate surface area is 121 Å². The van der Waals surface area contributed by atoms with E-state index in [1.54, 1.807) is 18.3 Å². The normalized spacial score (nSPS) is 12.2. The van der Waals surface area contributed by atoms with Crippen LogP contribution in [0.4, 0.5) is 10.1 Å². The number of aromatic nitrogens is 1. The third-order valence-corrected chi connectivity index (χ3v) is 3.69. The summed E-state index contributed by atoms with van der Waals surface area (Å²) in [7, 11) is 0. The van der Waals surface area contributed by atoms with Crippen LogP contribution in [0.5, 0.6) is 0 Å². The largest absolute Gasteiger partial charge is 0.381 e. The molecule has 0 aliphatic carbocycles. The zero-order chi connectivity index (χ0) is 13.8. The first kappa shape index (κ1) is 14.0. The number of anilines is 1. The van der Waals surface area contributed by atoms with Crippen LogP contribution < -0.4 is 5.32 Å². The van der Waals surface area contributed by atoms with E-state index in [0.29, 0.717) is 0 Å². The molecule has 0 radical (unpaired) electrons. The van der Waals surface area contributed by atoms with Crippen LogP contribution in [0.25, 0.3) is 0 Å². The molecule has 0 amide bonds. The first-order chi connectivity index (χ1) is 9.04. The number of halogens is 2. The Balaban J connectivity index is 2.01. The van der Waals surface area contributed by atoms with Crippen LogP contribution in [0.3, 0.4) is 0 Å². The van der Waals surface area contributed by atoms with Crippen LogP contribution in [0.2, 0.25) is 0 Å². The molecule has 19 heavy (non-hydrogen) atoms. The number of aryl methyl sites for hydroxylation is 1. The zero-order valence-corrected chi connectivity index (χ0v) is 12.5. The van der Waals surface area contributed by atoms with Gasteiger partial charge in [-0.25, -0.2) is 9.37 Å². The molecule has 1 N–H and O–H groups in total. The predicted molar refractivity (Wildman–Crippen MR) is 79.9 cm³/mol. The first-order valence-electron chi connectivity index (χ1n) is 6.17. The molecule has 0 bridgehead atoms. The van der Waals surface area contributed by atoms with E-state index in [1.807, 2.05) is 19.1 Å². The van der Waals surface area contributed by atoms with Crippen molar-refractivity contribution >= 4 is 21.6 Å². The van der Waals surface area contributed by atoms with E-state index >= 15 is 0 Å². The second-order valence-corrected chi connectivity index (χ2v) is 5.46. The number of pyridine rings is 1. The van der Waals surface area contributed by atoms with Gasteiger partial charge in [-0.3, -0.25) is 0 Å². The Morgan fingerprint density at radius 2 is 2.16 bits per heavy atom. The second kappa shape index (κ2) is 6.15. The Hall–Kier alpha value is -1.42. The molecule has 2 rings (SSSR count). The van der Waals surface area contributed by atoms with Crippen molar-refractivity contribution in [3.63, 3.8) is 0 Å². The van der Waals surface area contributed by atoms with Gasteiger partial charge in [0, 0.05) is 6.04 Å². The smallest absolute Gasteiger partial charge is 0.123 e. The number of benzene rings is 1. The summed E-state index contributed by atoms with van der Waals surface area (Å²) in [6.45, 7) is 4.07. The van der Waals surface area contributed by atoms with E-state index in [1.165, 1.54) is 6.07 Å². The second-order valence-electron chi connectivity index (χ2n) is 4.71. The lowest BCUT2D eigenvalue weighted by Gasteiger charge is -2.15. The van der Waals surface area contributed by atoms with Crippen molar-refractivity contribution in [1.29, 1.82) is 0 Å². The number of rotatable bonds is 4. The summed E-state index contributed by atoms with van der Waals surface area (Å²) in [6, 6.07) is 8.96. The summed E-state index contributed by atoms with van der Waals surface area (Å²) in [5.74, 6) is -0.189. The number of nitrogens with one attached hydrogen (secondary N) is 1. The van der Waals surface area contributed by atoms with Crippen molar-refractivity contribution in [2.45, 2.75) is 26.3 Å². The fraction of sp³-hybridized carbons (Fsp3) is 0.267. The third-order valence-electron chi connectivity index (χ3n) is 2.86. The highest BCUT2D eigenvalue weighted by Gasteiger charge is 2.06. The molecule has 2 aromatic rings. The molecule has 2 nitrogen and oxygen atoms in total. The van der Waals surface area contributed by atoms with Gasteiger partial charge in [-0.2, -0.15) is 0 Å². The summed E-state index contributed by atoms with van der Waals surface area (Å²) < 4.78 is 14.0. The van der Waals surface area contributed by atoms with Crippen molar-refractivity contribution < 1.29 is 4.39 Å². The number of hydrogen-bond donors (Lipinski definition) is 1. The lowest BCUT2D eigenvalue weighted by molar-refractivity contribution is 0.624. The first-order valence-corrected chi connectivity index (χ1v) is 6.97. The maximum atomic E-state index is 13.1. The van der Waals surface area contributed by atoms with E-state index in [9.17, 15) is 4.39 Å².